The Labute approximate surface area is 144 Å². The molecule has 0 bridgehead atoms. The molecule has 0 heterocycles. The Balaban J connectivity index is 2.09. The Hall–Kier alpha value is -1.60. The molecule has 0 saturated carbocycles. The van der Waals surface area contributed by atoms with Gasteiger partial charge in [-0.3, -0.25) is 4.79 Å². The van der Waals surface area contributed by atoms with Gasteiger partial charge in [-0.1, -0.05) is 41.4 Å². The summed E-state index contributed by atoms with van der Waals surface area (Å²) in [6, 6.07) is 12.5. The Morgan fingerprint density at radius 1 is 1.13 bits per heavy atom. The largest absolute Gasteiger partial charge is 0.324 e. The predicted octanol–water partition coefficient (Wildman–Crippen LogP) is 3.25. The van der Waals surface area contributed by atoms with Gasteiger partial charge >= 0.3 is 0 Å². The molecular formula is C15H14Cl2N2O3S. The maximum Gasteiger partial charge on any atom is 0.243 e. The first-order valence-corrected chi connectivity index (χ1v) is 8.76. The summed E-state index contributed by atoms with van der Waals surface area (Å²) in [6.45, 7) is -0.347. The van der Waals surface area contributed by atoms with Crippen LogP contribution in [0.15, 0.2) is 53.4 Å². The smallest absolute Gasteiger partial charge is 0.243 e. The van der Waals surface area contributed by atoms with Gasteiger partial charge in [0.05, 0.1) is 22.2 Å². The van der Waals surface area contributed by atoms with E-state index in [1.54, 1.807) is 30.3 Å². The van der Waals surface area contributed by atoms with Crippen molar-refractivity contribution in [1.82, 2.24) is 4.31 Å². The molecule has 1 N–H and O–H groups in total. The van der Waals surface area contributed by atoms with Crippen LogP contribution in [-0.2, 0) is 14.8 Å². The van der Waals surface area contributed by atoms with Gasteiger partial charge in [0, 0.05) is 12.1 Å². The quantitative estimate of drug-likeness (QED) is 0.875. The molecule has 1 amide bonds. The molecule has 0 spiro atoms. The lowest BCUT2D eigenvalue weighted by Crippen LogP contribution is -2.35. The lowest BCUT2D eigenvalue weighted by Gasteiger charge is -2.17. The molecule has 0 saturated heterocycles. The minimum Gasteiger partial charge on any atom is -0.324 e. The predicted molar refractivity (Wildman–Crippen MR) is 91.3 cm³/mol. The number of nitrogens with zero attached hydrogens (tertiary/aromatic N) is 1. The number of benzene rings is 2. The Morgan fingerprint density at radius 2 is 1.78 bits per heavy atom. The summed E-state index contributed by atoms with van der Waals surface area (Å²) in [5, 5.41) is 3.27. The molecular weight excluding hydrogens is 359 g/mol. The van der Waals surface area contributed by atoms with Crippen LogP contribution in [-0.4, -0.2) is 32.2 Å². The number of hydrogen-bond acceptors (Lipinski definition) is 3. The molecule has 2 rings (SSSR count). The topological polar surface area (TPSA) is 66.5 Å². The zero-order chi connectivity index (χ0) is 17.0. The Bertz CT molecular complexity index is 811. The van der Waals surface area contributed by atoms with Crippen molar-refractivity contribution in [2.45, 2.75) is 4.90 Å². The van der Waals surface area contributed by atoms with Crippen molar-refractivity contribution < 1.29 is 13.2 Å². The zero-order valence-electron chi connectivity index (χ0n) is 12.2. The molecule has 0 aliphatic heterocycles. The van der Waals surface area contributed by atoms with E-state index in [4.69, 9.17) is 23.2 Å². The molecule has 8 heteroatoms. The normalized spacial score (nSPS) is 11.5. The number of halogens is 2. The maximum absolute atomic E-state index is 12.3. The average molecular weight is 373 g/mol. The van der Waals surface area contributed by atoms with Crippen LogP contribution in [0.25, 0.3) is 0 Å². The molecule has 2 aromatic rings. The van der Waals surface area contributed by atoms with E-state index in [-0.39, 0.29) is 11.4 Å². The highest BCUT2D eigenvalue weighted by Crippen LogP contribution is 2.25. The number of amides is 1. The van der Waals surface area contributed by atoms with Crippen LogP contribution in [0, 0.1) is 0 Å². The first-order chi connectivity index (χ1) is 10.8. The molecule has 122 valence electrons. The lowest BCUT2D eigenvalue weighted by molar-refractivity contribution is -0.116. The maximum atomic E-state index is 12.3. The van der Waals surface area contributed by atoms with Crippen molar-refractivity contribution in [1.29, 1.82) is 0 Å². The fourth-order valence-electron chi connectivity index (χ4n) is 1.84. The van der Waals surface area contributed by atoms with E-state index in [0.717, 1.165) is 4.31 Å². The number of rotatable bonds is 5. The minimum atomic E-state index is -3.73. The molecule has 0 aliphatic carbocycles. The van der Waals surface area contributed by atoms with Gasteiger partial charge in [0.1, 0.15) is 0 Å². The number of sulfonamides is 1. The molecule has 0 atom stereocenters. The first-order valence-electron chi connectivity index (χ1n) is 6.57. The van der Waals surface area contributed by atoms with Gasteiger partial charge in [-0.15, -0.1) is 0 Å². The lowest BCUT2D eigenvalue weighted by atomic mass is 10.3. The van der Waals surface area contributed by atoms with Crippen molar-refractivity contribution >= 4 is 44.8 Å². The van der Waals surface area contributed by atoms with Crippen molar-refractivity contribution in [2.75, 3.05) is 18.9 Å². The summed E-state index contributed by atoms with van der Waals surface area (Å²) in [6.07, 6.45) is 0. The molecule has 0 fully saturated rings. The van der Waals surface area contributed by atoms with Crippen LogP contribution in [0.1, 0.15) is 0 Å². The second kappa shape index (κ2) is 7.31. The van der Waals surface area contributed by atoms with Gasteiger partial charge in [-0.05, 0) is 30.3 Å². The van der Waals surface area contributed by atoms with E-state index in [9.17, 15) is 13.2 Å². The Kier molecular flexibility index (Phi) is 5.64. The van der Waals surface area contributed by atoms with Gasteiger partial charge < -0.3 is 5.32 Å². The molecule has 0 aliphatic rings. The van der Waals surface area contributed by atoms with E-state index >= 15 is 0 Å². The second-order valence-electron chi connectivity index (χ2n) is 4.75. The highest BCUT2D eigenvalue weighted by atomic mass is 35.5. The highest BCUT2D eigenvalue weighted by Gasteiger charge is 2.22. The summed E-state index contributed by atoms with van der Waals surface area (Å²) < 4.78 is 25.6. The van der Waals surface area contributed by atoms with E-state index in [2.05, 4.69) is 5.32 Å². The van der Waals surface area contributed by atoms with Gasteiger partial charge in [-0.2, -0.15) is 4.31 Å². The summed E-state index contributed by atoms with van der Waals surface area (Å²) in [5.41, 5.74) is 0.328. The molecule has 23 heavy (non-hydrogen) atoms. The second-order valence-corrected chi connectivity index (χ2v) is 7.63. The van der Waals surface area contributed by atoms with Crippen molar-refractivity contribution in [2.24, 2.45) is 0 Å². The summed E-state index contributed by atoms with van der Waals surface area (Å²) >= 11 is 11.8. The van der Waals surface area contributed by atoms with Gasteiger partial charge in [0.25, 0.3) is 0 Å². The first kappa shape index (κ1) is 17.7. The molecule has 0 unspecified atom stereocenters. The summed E-state index contributed by atoms with van der Waals surface area (Å²) in [5.74, 6) is -0.517. The highest BCUT2D eigenvalue weighted by molar-refractivity contribution is 7.89. The molecule has 0 radical (unpaired) electrons. The monoisotopic (exact) mass is 372 g/mol. The van der Waals surface area contributed by atoms with Crippen LogP contribution in [0.5, 0.6) is 0 Å². The third-order valence-electron chi connectivity index (χ3n) is 3.02. The van der Waals surface area contributed by atoms with Gasteiger partial charge in [0.2, 0.25) is 15.9 Å². The van der Waals surface area contributed by atoms with E-state index in [0.29, 0.717) is 15.7 Å². The summed E-state index contributed by atoms with van der Waals surface area (Å²) in [7, 11) is -2.40. The zero-order valence-corrected chi connectivity index (χ0v) is 14.5. The molecule has 0 aromatic heterocycles. The van der Waals surface area contributed by atoms with Gasteiger partial charge in [-0.25, -0.2) is 8.42 Å². The third-order valence-corrected chi connectivity index (χ3v) is 5.40. The number of hydrogen-bond donors (Lipinski definition) is 1. The van der Waals surface area contributed by atoms with E-state index in [1.165, 1.54) is 25.2 Å². The minimum absolute atomic E-state index is 0.121. The van der Waals surface area contributed by atoms with Crippen LogP contribution in [0.4, 0.5) is 5.69 Å². The number of nitrogens with one attached hydrogen (secondary N) is 1. The van der Waals surface area contributed by atoms with Crippen LogP contribution in [0.3, 0.4) is 0 Å². The average Bonchev–Trinajstić information content (AvgIpc) is 2.51. The fourth-order valence-corrected chi connectivity index (χ4v) is 3.33. The van der Waals surface area contributed by atoms with E-state index in [1.807, 2.05) is 0 Å². The van der Waals surface area contributed by atoms with E-state index < -0.39 is 15.9 Å². The number of carbonyl (C=O) groups excluding carboxylic acids is 1. The van der Waals surface area contributed by atoms with Crippen LogP contribution < -0.4 is 5.32 Å². The molecule has 2 aromatic carbocycles. The third kappa shape index (κ3) is 4.45. The fraction of sp³-hybridized carbons (Fsp3) is 0.133. The molecule has 5 nitrogen and oxygen atoms in total. The SMILES string of the molecule is CN(CC(=O)Nc1cc(Cl)ccc1Cl)S(=O)(=O)c1ccccc1. The van der Waals surface area contributed by atoms with Gasteiger partial charge in [0.15, 0.2) is 0 Å². The van der Waals surface area contributed by atoms with Crippen molar-refractivity contribution in [3.8, 4) is 0 Å². The van der Waals surface area contributed by atoms with Crippen LogP contribution in [0.2, 0.25) is 10.0 Å². The number of anilines is 1. The number of likely N-dealkylation sites (N-methyl/N-ethyl adjacent to an activating group) is 1. The standard InChI is InChI=1S/C15H14Cl2N2O3S/c1-19(23(21,22)12-5-3-2-4-6-12)10-15(20)18-14-9-11(16)7-8-13(14)17/h2-9H,10H2,1H3,(H,18,20). The Morgan fingerprint density at radius 3 is 2.43 bits per heavy atom. The number of carbonyl (C=O) groups is 1. The summed E-state index contributed by atoms with van der Waals surface area (Å²) in [4.78, 5) is 12.2. The van der Waals surface area contributed by atoms with Crippen molar-refractivity contribution in [3.63, 3.8) is 0 Å². The van der Waals surface area contributed by atoms with Crippen LogP contribution >= 0.6 is 23.2 Å². The van der Waals surface area contributed by atoms with Crippen molar-refractivity contribution in [3.05, 3.63) is 58.6 Å².